The number of aliphatic hydroxyl groups is 1. The molecule has 3 heteroatoms. The Morgan fingerprint density at radius 3 is 2.31 bits per heavy atom. The van der Waals surface area contributed by atoms with Gasteiger partial charge in [-0.2, -0.15) is 0 Å². The van der Waals surface area contributed by atoms with Crippen LogP contribution in [-0.2, 0) is 4.79 Å². The summed E-state index contributed by atoms with van der Waals surface area (Å²) in [5.74, 6) is 0.564. The zero-order valence-electron chi connectivity index (χ0n) is 8.58. The maximum absolute atomic E-state index is 11.5. The molecule has 1 fully saturated rings. The highest BCUT2D eigenvalue weighted by Crippen LogP contribution is 2.20. The second kappa shape index (κ2) is 4.09. The predicted octanol–water partition coefficient (Wildman–Crippen LogP) is 0.918. The molecule has 1 atom stereocenters. The highest BCUT2D eigenvalue weighted by Gasteiger charge is 2.29. The van der Waals surface area contributed by atoms with Gasteiger partial charge in [-0.25, -0.2) is 0 Å². The van der Waals surface area contributed by atoms with E-state index >= 15 is 0 Å². The van der Waals surface area contributed by atoms with Crippen molar-refractivity contribution < 1.29 is 9.90 Å². The van der Waals surface area contributed by atoms with Crippen molar-refractivity contribution in [2.24, 2.45) is 11.8 Å². The summed E-state index contributed by atoms with van der Waals surface area (Å²) in [5, 5.41) is 12.0. The van der Waals surface area contributed by atoms with Gasteiger partial charge in [-0.1, -0.05) is 20.8 Å². The first kappa shape index (κ1) is 10.5. The van der Waals surface area contributed by atoms with Gasteiger partial charge >= 0.3 is 0 Å². The van der Waals surface area contributed by atoms with Crippen LogP contribution in [0, 0.1) is 11.8 Å². The summed E-state index contributed by atoms with van der Waals surface area (Å²) >= 11 is 0. The lowest BCUT2D eigenvalue weighted by Gasteiger charge is -2.33. The van der Waals surface area contributed by atoms with E-state index in [1.807, 2.05) is 20.8 Å². The predicted molar refractivity (Wildman–Crippen MR) is 51.2 cm³/mol. The van der Waals surface area contributed by atoms with Crippen molar-refractivity contribution in [1.29, 1.82) is 0 Å². The molecule has 0 bridgehead atoms. The lowest BCUT2D eigenvalue weighted by atomic mass is 9.88. The van der Waals surface area contributed by atoms with Crippen LogP contribution in [0.15, 0.2) is 0 Å². The van der Waals surface area contributed by atoms with Gasteiger partial charge in [0.1, 0.15) is 0 Å². The molecule has 0 aromatic carbocycles. The molecule has 1 unspecified atom stereocenters. The Morgan fingerprint density at radius 2 is 1.92 bits per heavy atom. The molecule has 0 aliphatic heterocycles. The minimum absolute atomic E-state index is 0.0674. The van der Waals surface area contributed by atoms with E-state index in [0.29, 0.717) is 5.92 Å². The topological polar surface area (TPSA) is 49.3 Å². The Morgan fingerprint density at radius 1 is 1.38 bits per heavy atom. The van der Waals surface area contributed by atoms with Gasteiger partial charge in [-0.05, 0) is 18.8 Å². The highest BCUT2D eigenvalue weighted by molar-refractivity contribution is 5.78. The highest BCUT2D eigenvalue weighted by atomic mass is 16.3. The largest absolute Gasteiger partial charge is 0.393 e. The Kier molecular flexibility index (Phi) is 3.31. The summed E-state index contributed by atoms with van der Waals surface area (Å²) in [6, 6.07) is 0.212. The second-order valence-electron chi connectivity index (χ2n) is 4.36. The molecule has 76 valence electrons. The summed E-state index contributed by atoms with van der Waals surface area (Å²) in [4.78, 5) is 11.5. The van der Waals surface area contributed by atoms with Crippen molar-refractivity contribution in [2.75, 3.05) is 0 Å². The van der Waals surface area contributed by atoms with E-state index in [9.17, 15) is 4.79 Å². The van der Waals surface area contributed by atoms with Crippen LogP contribution in [0.4, 0.5) is 0 Å². The monoisotopic (exact) mass is 185 g/mol. The number of nitrogens with one attached hydrogen (secondary N) is 1. The average molecular weight is 185 g/mol. The van der Waals surface area contributed by atoms with Gasteiger partial charge in [0.2, 0.25) is 5.91 Å². The van der Waals surface area contributed by atoms with Crippen molar-refractivity contribution >= 4 is 5.91 Å². The first-order valence-corrected chi connectivity index (χ1v) is 4.99. The van der Waals surface area contributed by atoms with Gasteiger partial charge < -0.3 is 10.4 Å². The fourth-order valence-electron chi connectivity index (χ4n) is 1.34. The van der Waals surface area contributed by atoms with Gasteiger partial charge in [-0.15, -0.1) is 0 Å². The maximum atomic E-state index is 11.5. The maximum Gasteiger partial charge on any atom is 0.223 e. The Balaban J connectivity index is 2.25. The van der Waals surface area contributed by atoms with Gasteiger partial charge in [0.15, 0.2) is 0 Å². The van der Waals surface area contributed by atoms with Crippen LogP contribution in [0.2, 0.25) is 0 Å². The van der Waals surface area contributed by atoms with Crippen molar-refractivity contribution in [3.63, 3.8) is 0 Å². The Hall–Kier alpha value is -0.570. The van der Waals surface area contributed by atoms with Crippen molar-refractivity contribution in [3.05, 3.63) is 0 Å². The number of hydrogen-bond acceptors (Lipinski definition) is 2. The Bertz CT molecular complexity index is 185. The van der Waals surface area contributed by atoms with E-state index < -0.39 is 0 Å². The molecule has 0 heterocycles. The lowest BCUT2D eigenvalue weighted by molar-refractivity contribution is -0.127. The number of carbonyl (C=O) groups is 1. The SMILES string of the molecule is CC(C)C(C)C(=O)NC1CC(O)C1. The van der Waals surface area contributed by atoms with Gasteiger partial charge in [0.05, 0.1) is 6.10 Å². The van der Waals surface area contributed by atoms with E-state index in [0.717, 1.165) is 12.8 Å². The molecule has 1 aliphatic rings. The fourth-order valence-corrected chi connectivity index (χ4v) is 1.34. The van der Waals surface area contributed by atoms with E-state index in [1.165, 1.54) is 0 Å². The molecule has 1 amide bonds. The standard InChI is InChI=1S/C10H19NO2/c1-6(2)7(3)10(13)11-8-4-9(12)5-8/h6-9,12H,4-5H2,1-3H3,(H,11,13). The van der Waals surface area contributed by atoms with Gasteiger partial charge in [0.25, 0.3) is 0 Å². The summed E-state index contributed by atoms with van der Waals surface area (Å²) in [6.07, 6.45) is 1.24. The summed E-state index contributed by atoms with van der Waals surface area (Å²) in [6.45, 7) is 6.02. The zero-order valence-corrected chi connectivity index (χ0v) is 8.58. The van der Waals surface area contributed by atoms with E-state index in [2.05, 4.69) is 5.32 Å². The van der Waals surface area contributed by atoms with Crippen molar-refractivity contribution in [3.8, 4) is 0 Å². The number of hydrogen-bond donors (Lipinski definition) is 2. The third-order valence-electron chi connectivity index (χ3n) is 2.87. The van der Waals surface area contributed by atoms with Crippen LogP contribution >= 0.6 is 0 Å². The third kappa shape index (κ3) is 2.69. The molecule has 1 aliphatic carbocycles. The molecule has 1 saturated carbocycles. The second-order valence-corrected chi connectivity index (χ2v) is 4.36. The van der Waals surface area contributed by atoms with E-state index in [-0.39, 0.29) is 24.0 Å². The minimum Gasteiger partial charge on any atom is -0.393 e. The van der Waals surface area contributed by atoms with Crippen LogP contribution < -0.4 is 5.32 Å². The molecule has 0 radical (unpaired) electrons. The molecule has 3 nitrogen and oxygen atoms in total. The van der Waals surface area contributed by atoms with Crippen LogP contribution in [-0.4, -0.2) is 23.2 Å². The molecule has 0 aromatic heterocycles. The smallest absolute Gasteiger partial charge is 0.223 e. The van der Waals surface area contributed by atoms with Gasteiger partial charge in [0, 0.05) is 12.0 Å². The molecule has 0 aromatic rings. The molecule has 2 N–H and O–H groups in total. The number of carbonyl (C=O) groups excluding carboxylic acids is 1. The molecular weight excluding hydrogens is 166 g/mol. The van der Waals surface area contributed by atoms with Crippen LogP contribution in [0.3, 0.4) is 0 Å². The van der Waals surface area contributed by atoms with E-state index in [1.54, 1.807) is 0 Å². The quantitative estimate of drug-likeness (QED) is 0.687. The molecule has 1 rings (SSSR count). The lowest BCUT2D eigenvalue weighted by Crippen LogP contribution is -2.48. The zero-order chi connectivity index (χ0) is 10.0. The Labute approximate surface area is 79.5 Å². The normalized spacial score (nSPS) is 29.6. The molecule has 0 saturated heterocycles. The van der Waals surface area contributed by atoms with Crippen molar-refractivity contribution in [2.45, 2.75) is 45.8 Å². The van der Waals surface area contributed by atoms with Crippen LogP contribution in [0.25, 0.3) is 0 Å². The number of aliphatic hydroxyl groups excluding tert-OH is 1. The summed E-state index contributed by atoms with van der Waals surface area (Å²) < 4.78 is 0. The third-order valence-corrected chi connectivity index (χ3v) is 2.87. The first-order chi connectivity index (χ1) is 6.00. The van der Waals surface area contributed by atoms with Crippen LogP contribution in [0.5, 0.6) is 0 Å². The first-order valence-electron chi connectivity index (χ1n) is 4.99. The molecular formula is C10H19NO2. The number of amides is 1. The fraction of sp³-hybridized carbons (Fsp3) is 0.900. The average Bonchev–Trinajstić information content (AvgIpc) is 2.00. The van der Waals surface area contributed by atoms with Crippen molar-refractivity contribution in [1.82, 2.24) is 5.32 Å². The summed E-state index contributed by atoms with van der Waals surface area (Å²) in [7, 11) is 0. The molecule has 0 spiro atoms. The molecule has 13 heavy (non-hydrogen) atoms. The van der Waals surface area contributed by atoms with Gasteiger partial charge in [-0.3, -0.25) is 4.79 Å². The summed E-state index contributed by atoms with van der Waals surface area (Å²) in [5.41, 5.74) is 0. The van der Waals surface area contributed by atoms with Crippen LogP contribution in [0.1, 0.15) is 33.6 Å². The minimum atomic E-state index is -0.195. The van der Waals surface area contributed by atoms with E-state index in [4.69, 9.17) is 5.11 Å². The number of rotatable bonds is 3.